The fourth-order valence-electron chi connectivity index (χ4n) is 2.30. The number of aryl methyl sites for hydroxylation is 1. The van der Waals surface area contributed by atoms with Crippen molar-refractivity contribution in [2.75, 3.05) is 0 Å². The number of rotatable bonds is 3. The lowest BCUT2D eigenvalue weighted by molar-refractivity contribution is 0.621. The molecule has 21 heavy (non-hydrogen) atoms. The highest BCUT2D eigenvalue weighted by atomic mass is 127. The van der Waals surface area contributed by atoms with Crippen molar-refractivity contribution in [1.29, 1.82) is 0 Å². The number of hydrogen-bond donors (Lipinski definition) is 0. The first-order chi connectivity index (χ1) is 10.1. The van der Waals surface area contributed by atoms with Crippen LogP contribution in [0.3, 0.4) is 0 Å². The van der Waals surface area contributed by atoms with E-state index >= 15 is 0 Å². The first-order valence-electron chi connectivity index (χ1n) is 6.39. The second-order valence-corrected chi connectivity index (χ2v) is 6.23. The van der Waals surface area contributed by atoms with Gasteiger partial charge in [-0.1, -0.05) is 0 Å². The molecule has 1 aromatic carbocycles. The topological polar surface area (TPSA) is 30.7 Å². The van der Waals surface area contributed by atoms with Gasteiger partial charge < -0.3 is 4.57 Å². The molecule has 0 saturated heterocycles. The standard InChI is InChI=1S/C15H12ClFIN3/c1-9-7-19-3-2-10(9)8-21-14-4-11(17)12(18)5-13(14)20-15(21)6-16/h2-5,7H,6,8H2,1H3. The van der Waals surface area contributed by atoms with Crippen LogP contribution in [0.2, 0.25) is 0 Å². The number of alkyl halides is 1. The van der Waals surface area contributed by atoms with Crippen LogP contribution < -0.4 is 0 Å². The Bertz CT molecular complexity index is 816. The lowest BCUT2D eigenvalue weighted by atomic mass is 10.1. The Morgan fingerprint density at radius 3 is 2.90 bits per heavy atom. The van der Waals surface area contributed by atoms with Crippen molar-refractivity contribution in [2.24, 2.45) is 0 Å². The van der Waals surface area contributed by atoms with Crippen LogP contribution in [0.15, 0.2) is 30.6 Å². The fourth-order valence-corrected chi connectivity index (χ4v) is 2.95. The number of fused-ring (bicyclic) bond motifs is 1. The smallest absolute Gasteiger partial charge is 0.138 e. The van der Waals surface area contributed by atoms with Crippen LogP contribution in [0.4, 0.5) is 4.39 Å². The van der Waals surface area contributed by atoms with Crippen molar-refractivity contribution < 1.29 is 4.39 Å². The van der Waals surface area contributed by atoms with Crippen LogP contribution >= 0.6 is 34.2 Å². The van der Waals surface area contributed by atoms with Crippen molar-refractivity contribution in [3.8, 4) is 0 Å². The van der Waals surface area contributed by atoms with E-state index in [0.717, 1.165) is 28.0 Å². The molecule has 0 saturated carbocycles. The Morgan fingerprint density at radius 1 is 1.38 bits per heavy atom. The summed E-state index contributed by atoms with van der Waals surface area (Å²) in [6, 6.07) is 5.23. The van der Waals surface area contributed by atoms with Gasteiger partial charge in [-0.05, 0) is 52.8 Å². The first kappa shape index (κ1) is 14.7. The van der Waals surface area contributed by atoms with E-state index in [0.29, 0.717) is 10.1 Å². The Hall–Kier alpha value is -1.21. The summed E-state index contributed by atoms with van der Waals surface area (Å²) in [5.74, 6) is 0.790. The number of benzene rings is 1. The third-order valence-electron chi connectivity index (χ3n) is 3.45. The molecule has 0 amide bonds. The summed E-state index contributed by atoms with van der Waals surface area (Å²) in [7, 11) is 0. The molecule has 0 fully saturated rings. The van der Waals surface area contributed by atoms with Crippen LogP contribution in [0, 0.1) is 16.3 Å². The average molecular weight is 416 g/mol. The molecule has 108 valence electrons. The molecule has 0 bridgehead atoms. The molecule has 6 heteroatoms. The second-order valence-electron chi connectivity index (χ2n) is 4.80. The predicted molar refractivity (Wildman–Crippen MR) is 90.0 cm³/mol. The van der Waals surface area contributed by atoms with Crippen LogP contribution in [0.5, 0.6) is 0 Å². The van der Waals surface area contributed by atoms with Crippen LogP contribution in [0.1, 0.15) is 17.0 Å². The van der Waals surface area contributed by atoms with Gasteiger partial charge in [0.05, 0.1) is 20.5 Å². The van der Waals surface area contributed by atoms with E-state index < -0.39 is 0 Å². The monoisotopic (exact) mass is 415 g/mol. The minimum absolute atomic E-state index is 0.239. The van der Waals surface area contributed by atoms with Gasteiger partial charge in [0.1, 0.15) is 11.6 Å². The third-order valence-corrected chi connectivity index (χ3v) is 4.52. The van der Waals surface area contributed by atoms with Gasteiger partial charge >= 0.3 is 0 Å². The number of aromatic nitrogens is 3. The van der Waals surface area contributed by atoms with Crippen molar-refractivity contribution in [3.05, 3.63) is 56.9 Å². The Kier molecular flexibility index (Phi) is 4.12. The number of nitrogens with zero attached hydrogens (tertiary/aromatic N) is 3. The summed E-state index contributed by atoms with van der Waals surface area (Å²) in [4.78, 5) is 8.60. The lowest BCUT2D eigenvalue weighted by Gasteiger charge is -2.10. The van der Waals surface area contributed by atoms with Crippen molar-refractivity contribution in [3.63, 3.8) is 0 Å². The van der Waals surface area contributed by atoms with Gasteiger partial charge in [0.2, 0.25) is 0 Å². The maximum absolute atomic E-state index is 13.9. The molecule has 3 aromatic rings. The molecule has 2 heterocycles. The number of hydrogen-bond acceptors (Lipinski definition) is 2. The van der Waals surface area contributed by atoms with Gasteiger partial charge in [-0.25, -0.2) is 9.37 Å². The summed E-state index contributed by atoms with van der Waals surface area (Å²) < 4.78 is 16.4. The zero-order chi connectivity index (χ0) is 15.0. The zero-order valence-electron chi connectivity index (χ0n) is 11.3. The van der Waals surface area contributed by atoms with Gasteiger partial charge in [0.15, 0.2) is 0 Å². The largest absolute Gasteiger partial charge is 0.322 e. The fraction of sp³-hybridized carbons (Fsp3) is 0.200. The van der Waals surface area contributed by atoms with Gasteiger partial charge in [-0.3, -0.25) is 4.98 Å². The van der Waals surface area contributed by atoms with E-state index in [1.807, 2.05) is 46.3 Å². The summed E-state index contributed by atoms with van der Waals surface area (Å²) in [5, 5.41) is 0. The van der Waals surface area contributed by atoms with Crippen molar-refractivity contribution in [1.82, 2.24) is 14.5 Å². The Morgan fingerprint density at radius 2 is 2.19 bits per heavy atom. The molecule has 3 rings (SSSR count). The van der Waals surface area contributed by atoms with E-state index in [1.165, 1.54) is 6.07 Å². The van der Waals surface area contributed by atoms with E-state index in [1.54, 1.807) is 12.3 Å². The number of halogens is 3. The third kappa shape index (κ3) is 2.76. The molecule has 0 N–H and O–H groups in total. The number of imidazole rings is 1. The summed E-state index contributed by atoms with van der Waals surface area (Å²) in [6.07, 6.45) is 3.57. The predicted octanol–water partition coefficient (Wildman–Crippen LogP) is 4.27. The number of pyridine rings is 1. The van der Waals surface area contributed by atoms with Gasteiger partial charge in [0.25, 0.3) is 0 Å². The van der Waals surface area contributed by atoms with E-state index in [4.69, 9.17) is 11.6 Å². The van der Waals surface area contributed by atoms with E-state index in [9.17, 15) is 4.39 Å². The van der Waals surface area contributed by atoms with Crippen molar-refractivity contribution >= 4 is 45.2 Å². The molecule has 0 radical (unpaired) electrons. The molecule has 0 atom stereocenters. The Labute approximate surface area is 140 Å². The maximum atomic E-state index is 13.9. The highest BCUT2D eigenvalue weighted by Gasteiger charge is 2.14. The highest BCUT2D eigenvalue weighted by molar-refractivity contribution is 14.1. The van der Waals surface area contributed by atoms with Gasteiger partial charge in [0, 0.05) is 25.0 Å². The summed E-state index contributed by atoms with van der Waals surface area (Å²) >= 11 is 7.97. The molecule has 0 spiro atoms. The van der Waals surface area contributed by atoms with E-state index in [2.05, 4.69) is 9.97 Å². The summed E-state index contributed by atoms with van der Waals surface area (Å²) in [5.41, 5.74) is 3.74. The molecule has 3 nitrogen and oxygen atoms in total. The summed E-state index contributed by atoms with van der Waals surface area (Å²) in [6.45, 7) is 2.61. The maximum Gasteiger partial charge on any atom is 0.138 e. The molecular weight excluding hydrogens is 404 g/mol. The molecule has 0 aliphatic heterocycles. The van der Waals surface area contributed by atoms with Gasteiger partial charge in [-0.2, -0.15) is 0 Å². The first-order valence-corrected chi connectivity index (χ1v) is 8.01. The van der Waals surface area contributed by atoms with E-state index in [-0.39, 0.29) is 11.7 Å². The quantitative estimate of drug-likeness (QED) is 0.472. The second kappa shape index (κ2) is 5.88. The van der Waals surface area contributed by atoms with Crippen LogP contribution in [-0.4, -0.2) is 14.5 Å². The highest BCUT2D eigenvalue weighted by Crippen LogP contribution is 2.24. The van der Waals surface area contributed by atoms with Crippen LogP contribution in [0.25, 0.3) is 11.0 Å². The normalized spacial score (nSPS) is 11.2. The average Bonchev–Trinajstić information content (AvgIpc) is 2.79. The lowest BCUT2D eigenvalue weighted by Crippen LogP contribution is -2.05. The zero-order valence-corrected chi connectivity index (χ0v) is 14.2. The molecule has 0 aliphatic rings. The minimum Gasteiger partial charge on any atom is -0.322 e. The molecule has 0 unspecified atom stereocenters. The van der Waals surface area contributed by atoms with Gasteiger partial charge in [-0.15, -0.1) is 11.6 Å². The SMILES string of the molecule is Cc1cnccc1Cn1c(CCl)nc2cc(I)c(F)cc21. The van der Waals surface area contributed by atoms with Crippen LogP contribution in [-0.2, 0) is 12.4 Å². The molecular formula is C15H12ClFIN3. The minimum atomic E-state index is -0.239. The molecule has 0 aliphatic carbocycles. The molecule has 2 aromatic heterocycles. The Balaban J connectivity index is 2.16. The van der Waals surface area contributed by atoms with Crippen molar-refractivity contribution in [2.45, 2.75) is 19.3 Å².